The van der Waals surface area contributed by atoms with Gasteiger partial charge in [0.05, 0.1) is 0 Å². The predicted molar refractivity (Wildman–Crippen MR) is 113 cm³/mol. The first-order valence-corrected chi connectivity index (χ1v) is 11.9. The summed E-state index contributed by atoms with van der Waals surface area (Å²) in [4.78, 5) is -0.248. The molecule has 30 heavy (non-hydrogen) atoms. The molecule has 0 saturated carbocycles. The smallest absolute Gasteiger partial charge is 0.870 e. The number of benzene rings is 2. The fourth-order valence-electron chi connectivity index (χ4n) is 3.34. The van der Waals surface area contributed by atoms with E-state index < -0.39 is 15.9 Å². The predicted octanol–water partition coefficient (Wildman–Crippen LogP) is 2.88. The van der Waals surface area contributed by atoms with E-state index in [0.717, 1.165) is 25.3 Å². The third-order valence-corrected chi connectivity index (χ3v) is 5.86. The van der Waals surface area contributed by atoms with Crippen molar-refractivity contribution >= 4 is 10.1 Å². The van der Waals surface area contributed by atoms with Crippen molar-refractivity contribution in [3.05, 3.63) is 48.0 Å². The molecule has 0 atom stereocenters. The van der Waals surface area contributed by atoms with E-state index in [2.05, 4.69) is 6.92 Å². The second kappa shape index (κ2) is 14.6. The minimum absolute atomic E-state index is 0. The summed E-state index contributed by atoms with van der Waals surface area (Å²) in [5, 5.41) is 12.4. The Morgan fingerprint density at radius 1 is 0.900 bits per heavy atom. The van der Waals surface area contributed by atoms with E-state index in [0.29, 0.717) is 17.7 Å². The fourth-order valence-corrected chi connectivity index (χ4v) is 4.09. The minimum Gasteiger partial charge on any atom is -0.870 e. The van der Waals surface area contributed by atoms with Crippen LogP contribution >= 0.6 is 0 Å². The van der Waals surface area contributed by atoms with Crippen LogP contribution in [0.3, 0.4) is 0 Å². The largest absolute Gasteiger partial charge is 1.00 e. The second-order valence-corrected chi connectivity index (χ2v) is 8.77. The molecule has 0 aromatic heterocycles. The van der Waals surface area contributed by atoms with Crippen LogP contribution in [0.2, 0.25) is 0 Å². The van der Waals surface area contributed by atoms with E-state index in [1.165, 1.54) is 44.6 Å². The molecule has 0 heterocycles. The van der Waals surface area contributed by atoms with Crippen LogP contribution in [-0.2, 0) is 16.5 Å². The third-order valence-electron chi connectivity index (χ3n) is 4.93. The molecule has 0 unspecified atom stereocenters. The van der Waals surface area contributed by atoms with Crippen molar-refractivity contribution in [3.8, 4) is 17.2 Å². The molecular formula is C23H31KO5S. The van der Waals surface area contributed by atoms with Gasteiger partial charge in [-0.2, -0.15) is 8.42 Å². The molecule has 1 N–H and O–H groups in total. The van der Waals surface area contributed by atoms with Crippen molar-refractivity contribution in [1.82, 2.24) is 0 Å². The van der Waals surface area contributed by atoms with Crippen molar-refractivity contribution in [2.75, 3.05) is 0 Å². The number of hydrogen-bond acceptors (Lipinski definition) is 4. The van der Waals surface area contributed by atoms with Gasteiger partial charge in [-0.3, -0.25) is 4.55 Å². The fraction of sp³-hybridized carbons (Fsp3) is 0.478. The molecule has 0 saturated heterocycles. The molecule has 0 aliphatic carbocycles. The van der Waals surface area contributed by atoms with Crippen molar-refractivity contribution in [2.24, 2.45) is 0 Å². The summed E-state index contributed by atoms with van der Waals surface area (Å²) < 4.78 is 38.8. The van der Waals surface area contributed by atoms with Crippen LogP contribution in [0.15, 0.2) is 47.4 Å². The van der Waals surface area contributed by atoms with E-state index in [1.54, 1.807) is 24.3 Å². The second-order valence-electron chi connectivity index (χ2n) is 7.38. The van der Waals surface area contributed by atoms with Crippen LogP contribution in [0, 0.1) is 0 Å². The van der Waals surface area contributed by atoms with Gasteiger partial charge in [-0.25, -0.2) is 0 Å². The normalized spacial score (nSPS) is 11.1. The Morgan fingerprint density at radius 3 is 2.03 bits per heavy atom. The topological polar surface area (TPSA) is 86.7 Å². The van der Waals surface area contributed by atoms with Gasteiger partial charge >= 0.3 is 51.4 Å². The van der Waals surface area contributed by atoms with Gasteiger partial charge in [0.15, 0.2) is 0 Å². The zero-order valence-corrected chi connectivity index (χ0v) is 22.0. The van der Waals surface area contributed by atoms with Crippen molar-refractivity contribution < 1.29 is 74.2 Å². The van der Waals surface area contributed by atoms with E-state index in [4.69, 9.17) is 4.74 Å². The Hall–Kier alpha value is -0.414. The molecule has 0 aliphatic rings. The summed E-state index contributed by atoms with van der Waals surface area (Å²) in [6, 6.07) is 11.1. The average molecular weight is 459 g/mol. The third kappa shape index (κ3) is 9.81. The standard InChI is InChI=1S/C23H32O5S.K/c1-2-3-4-5-6-7-8-9-11-14-19-17-21(24)22(18-23(19)29(25,26)27)28-20-15-12-10-13-16-20;/h10,12-13,15-18,24H,2-9,11,14H2,1H3,(H,25,26,27);/q;+1/p-1. The molecule has 160 valence electrons. The molecule has 0 spiro atoms. The maximum Gasteiger partial charge on any atom is 1.00 e. The van der Waals surface area contributed by atoms with E-state index in [1.807, 2.05) is 6.07 Å². The van der Waals surface area contributed by atoms with Crippen LogP contribution in [0.4, 0.5) is 0 Å². The van der Waals surface area contributed by atoms with Crippen LogP contribution in [0.25, 0.3) is 0 Å². The number of hydrogen-bond donors (Lipinski definition) is 1. The quantitative estimate of drug-likeness (QED) is 0.283. The summed E-state index contributed by atoms with van der Waals surface area (Å²) in [6.07, 6.45) is 10.8. The molecule has 2 aromatic rings. The molecule has 0 fully saturated rings. The first kappa shape index (κ1) is 27.6. The Morgan fingerprint density at radius 2 is 1.47 bits per heavy atom. The molecule has 0 amide bonds. The van der Waals surface area contributed by atoms with Gasteiger partial charge in [-0.1, -0.05) is 88.3 Å². The van der Waals surface area contributed by atoms with Crippen molar-refractivity contribution in [2.45, 2.75) is 76.0 Å². The summed E-state index contributed by atoms with van der Waals surface area (Å²) in [6.45, 7) is 2.20. The number of ether oxygens (including phenoxy) is 1. The van der Waals surface area contributed by atoms with Crippen LogP contribution in [0.1, 0.15) is 70.3 Å². The van der Waals surface area contributed by atoms with Gasteiger partial charge in [-0.15, -0.1) is 0 Å². The SMILES string of the molecule is CCCCCCCCCCCc1cc([O-])c(Oc2ccccc2)cc1S(=O)(=O)O.[K+]. The van der Waals surface area contributed by atoms with Crippen molar-refractivity contribution in [3.63, 3.8) is 0 Å². The maximum atomic E-state index is 12.4. The Labute approximate surface area is 223 Å². The first-order chi connectivity index (χ1) is 13.9. The Bertz CT molecular complexity index is 853. The number of aryl methyl sites for hydroxylation is 1. The van der Waals surface area contributed by atoms with Crippen molar-refractivity contribution in [1.29, 1.82) is 0 Å². The van der Waals surface area contributed by atoms with Gasteiger partial charge in [0.2, 0.25) is 0 Å². The van der Waals surface area contributed by atoms with Crippen LogP contribution in [0.5, 0.6) is 17.2 Å². The molecule has 0 radical (unpaired) electrons. The summed E-state index contributed by atoms with van der Waals surface area (Å²) in [7, 11) is -4.44. The average Bonchev–Trinajstić information content (AvgIpc) is 2.68. The minimum atomic E-state index is -4.44. The number of para-hydroxylation sites is 1. The molecule has 5 nitrogen and oxygen atoms in total. The van der Waals surface area contributed by atoms with Gasteiger partial charge in [0, 0.05) is 6.07 Å². The molecule has 2 rings (SSSR count). The Kier molecular flexibility index (Phi) is 13.5. The summed E-state index contributed by atoms with van der Waals surface area (Å²) in [5.41, 5.74) is 0.348. The summed E-state index contributed by atoms with van der Waals surface area (Å²) in [5.74, 6) is -0.0793. The zero-order valence-electron chi connectivity index (χ0n) is 18.1. The van der Waals surface area contributed by atoms with E-state index in [-0.39, 0.29) is 62.0 Å². The maximum absolute atomic E-state index is 12.4. The van der Waals surface area contributed by atoms with Gasteiger partial charge in [0.1, 0.15) is 16.4 Å². The van der Waals surface area contributed by atoms with Crippen LogP contribution in [-0.4, -0.2) is 13.0 Å². The molecular weight excluding hydrogens is 427 g/mol. The monoisotopic (exact) mass is 458 g/mol. The molecule has 0 bridgehead atoms. The van der Waals surface area contributed by atoms with Crippen LogP contribution < -0.4 is 61.2 Å². The van der Waals surface area contributed by atoms with E-state index >= 15 is 0 Å². The first-order valence-electron chi connectivity index (χ1n) is 10.5. The summed E-state index contributed by atoms with van der Waals surface area (Å²) >= 11 is 0. The van der Waals surface area contributed by atoms with Gasteiger partial charge in [-0.05, 0) is 30.5 Å². The Balaban J connectivity index is 0.00000450. The number of rotatable bonds is 13. The molecule has 7 heteroatoms. The van der Waals surface area contributed by atoms with Gasteiger partial charge < -0.3 is 9.84 Å². The number of unbranched alkanes of at least 4 members (excludes halogenated alkanes) is 8. The van der Waals surface area contributed by atoms with E-state index in [9.17, 15) is 18.1 Å². The zero-order chi connectivity index (χ0) is 21.1. The molecule has 2 aromatic carbocycles. The van der Waals surface area contributed by atoms with Gasteiger partial charge in [0.25, 0.3) is 10.1 Å². The molecule has 0 aliphatic heterocycles.